The molecule has 1 heterocycles. The molecule has 1 aromatic heterocycles. The van der Waals surface area contributed by atoms with Gasteiger partial charge in [0.1, 0.15) is 0 Å². The lowest BCUT2D eigenvalue weighted by molar-refractivity contribution is 0.105. The van der Waals surface area contributed by atoms with Crippen LogP contribution < -0.4 is 0 Å². The normalized spacial score (nSPS) is 16.4. The SMILES string of the molecule is CCc1nc(CN(CCCO)C2CCC2)no1. The van der Waals surface area contributed by atoms with E-state index in [-0.39, 0.29) is 6.61 Å². The summed E-state index contributed by atoms with van der Waals surface area (Å²) in [5.41, 5.74) is 0. The summed E-state index contributed by atoms with van der Waals surface area (Å²) < 4.78 is 5.11. The molecule has 0 amide bonds. The second-order valence-electron chi connectivity index (χ2n) is 4.59. The fraction of sp³-hybridized carbons (Fsp3) is 0.833. The number of rotatable bonds is 7. The number of aliphatic hydroxyl groups is 1. The number of nitrogens with zero attached hydrogens (tertiary/aromatic N) is 3. The summed E-state index contributed by atoms with van der Waals surface area (Å²) in [6.45, 7) is 3.91. The van der Waals surface area contributed by atoms with Crippen LogP contribution >= 0.6 is 0 Å². The van der Waals surface area contributed by atoms with Gasteiger partial charge in [-0.1, -0.05) is 18.5 Å². The third-order valence-electron chi connectivity index (χ3n) is 3.35. The maximum absolute atomic E-state index is 8.92. The lowest BCUT2D eigenvalue weighted by atomic mass is 9.91. The Bertz CT molecular complexity index is 336. The zero-order valence-corrected chi connectivity index (χ0v) is 10.4. The molecule has 1 N–H and O–H groups in total. The predicted molar refractivity (Wildman–Crippen MR) is 63.4 cm³/mol. The molecule has 96 valence electrons. The minimum atomic E-state index is 0.246. The van der Waals surface area contributed by atoms with E-state index < -0.39 is 0 Å². The largest absolute Gasteiger partial charge is 0.396 e. The molecule has 0 atom stereocenters. The van der Waals surface area contributed by atoms with Crippen molar-refractivity contribution < 1.29 is 9.63 Å². The van der Waals surface area contributed by atoms with Crippen molar-refractivity contribution in [2.45, 2.75) is 51.6 Å². The maximum Gasteiger partial charge on any atom is 0.226 e. The zero-order chi connectivity index (χ0) is 12.1. The van der Waals surface area contributed by atoms with Crippen LogP contribution in [-0.4, -0.2) is 39.3 Å². The Morgan fingerprint density at radius 2 is 2.29 bits per heavy atom. The summed E-state index contributed by atoms with van der Waals surface area (Å²) in [5.74, 6) is 1.47. The average molecular weight is 239 g/mol. The highest BCUT2D eigenvalue weighted by Gasteiger charge is 2.25. The molecule has 5 heteroatoms. The first-order valence-corrected chi connectivity index (χ1v) is 6.50. The lowest BCUT2D eigenvalue weighted by Gasteiger charge is -2.36. The number of hydrogen-bond donors (Lipinski definition) is 1. The van der Waals surface area contributed by atoms with Gasteiger partial charge in [0, 0.05) is 25.6 Å². The highest BCUT2D eigenvalue weighted by atomic mass is 16.5. The highest BCUT2D eigenvalue weighted by Crippen LogP contribution is 2.25. The van der Waals surface area contributed by atoms with Gasteiger partial charge in [-0.2, -0.15) is 4.98 Å². The molecule has 2 rings (SSSR count). The standard InChI is InChI=1S/C12H21N3O2/c1-2-12-13-11(14-17-12)9-15(7-4-8-16)10-5-3-6-10/h10,16H,2-9H2,1H3. The van der Waals surface area contributed by atoms with Crippen LogP contribution in [0.1, 0.15) is 44.3 Å². The molecule has 1 fully saturated rings. The second kappa shape index (κ2) is 6.12. The molecule has 0 spiro atoms. The van der Waals surface area contributed by atoms with E-state index in [4.69, 9.17) is 9.63 Å². The molecule has 17 heavy (non-hydrogen) atoms. The van der Waals surface area contributed by atoms with E-state index in [0.717, 1.165) is 31.8 Å². The smallest absolute Gasteiger partial charge is 0.226 e. The van der Waals surface area contributed by atoms with Gasteiger partial charge in [-0.3, -0.25) is 4.90 Å². The van der Waals surface area contributed by atoms with Crippen LogP contribution in [0.2, 0.25) is 0 Å². The third-order valence-corrected chi connectivity index (χ3v) is 3.35. The van der Waals surface area contributed by atoms with Gasteiger partial charge in [-0.25, -0.2) is 0 Å². The molecule has 1 saturated carbocycles. The van der Waals surface area contributed by atoms with Gasteiger partial charge in [-0.05, 0) is 19.3 Å². The van der Waals surface area contributed by atoms with Crippen molar-refractivity contribution in [1.82, 2.24) is 15.0 Å². The number of aromatic nitrogens is 2. The van der Waals surface area contributed by atoms with Crippen LogP contribution in [0, 0.1) is 0 Å². The fourth-order valence-electron chi connectivity index (χ4n) is 2.10. The Kier molecular flexibility index (Phi) is 4.50. The molecular formula is C12H21N3O2. The summed E-state index contributed by atoms with van der Waals surface area (Å²) in [6.07, 6.45) is 5.42. The van der Waals surface area contributed by atoms with E-state index >= 15 is 0 Å². The molecule has 5 nitrogen and oxygen atoms in total. The van der Waals surface area contributed by atoms with Gasteiger partial charge in [0.05, 0.1) is 6.54 Å². The van der Waals surface area contributed by atoms with Crippen molar-refractivity contribution in [2.75, 3.05) is 13.2 Å². The van der Waals surface area contributed by atoms with E-state index in [1.807, 2.05) is 6.92 Å². The predicted octanol–water partition coefficient (Wildman–Crippen LogP) is 1.37. The Morgan fingerprint density at radius 1 is 1.47 bits per heavy atom. The Morgan fingerprint density at radius 3 is 2.82 bits per heavy atom. The van der Waals surface area contributed by atoms with Gasteiger partial charge in [0.2, 0.25) is 5.89 Å². The van der Waals surface area contributed by atoms with Crippen LogP contribution in [-0.2, 0) is 13.0 Å². The molecule has 0 saturated heterocycles. The number of hydrogen-bond acceptors (Lipinski definition) is 5. The van der Waals surface area contributed by atoms with Gasteiger partial charge in [0.25, 0.3) is 0 Å². The van der Waals surface area contributed by atoms with Gasteiger partial charge < -0.3 is 9.63 Å². The van der Waals surface area contributed by atoms with Crippen LogP contribution in [0.25, 0.3) is 0 Å². The van der Waals surface area contributed by atoms with Crippen molar-refractivity contribution in [3.05, 3.63) is 11.7 Å². The van der Waals surface area contributed by atoms with E-state index in [9.17, 15) is 0 Å². The first-order chi connectivity index (χ1) is 8.33. The molecule has 1 aliphatic carbocycles. The molecular weight excluding hydrogens is 218 g/mol. The van der Waals surface area contributed by atoms with Gasteiger partial charge in [-0.15, -0.1) is 0 Å². The number of aliphatic hydroxyl groups excluding tert-OH is 1. The molecule has 0 bridgehead atoms. The molecule has 1 aliphatic rings. The highest BCUT2D eigenvalue weighted by molar-refractivity contribution is 4.89. The van der Waals surface area contributed by atoms with Crippen molar-refractivity contribution in [2.24, 2.45) is 0 Å². The fourth-order valence-corrected chi connectivity index (χ4v) is 2.10. The quantitative estimate of drug-likeness (QED) is 0.778. The molecule has 0 aromatic carbocycles. The van der Waals surface area contributed by atoms with Crippen molar-refractivity contribution in [3.8, 4) is 0 Å². The van der Waals surface area contributed by atoms with Crippen molar-refractivity contribution >= 4 is 0 Å². The lowest BCUT2D eigenvalue weighted by Crippen LogP contribution is -2.40. The Balaban J connectivity index is 1.90. The van der Waals surface area contributed by atoms with Crippen LogP contribution in [0.5, 0.6) is 0 Å². The van der Waals surface area contributed by atoms with Crippen molar-refractivity contribution in [1.29, 1.82) is 0 Å². The molecule has 0 unspecified atom stereocenters. The first kappa shape index (κ1) is 12.5. The van der Waals surface area contributed by atoms with Crippen LogP contribution in [0.15, 0.2) is 4.52 Å². The number of aryl methyl sites for hydroxylation is 1. The summed E-state index contributed by atoms with van der Waals surface area (Å²) in [7, 11) is 0. The van der Waals surface area contributed by atoms with Gasteiger partial charge >= 0.3 is 0 Å². The molecule has 0 aliphatic heterocycles. The van der Waals surface area contributed by atoms with Gasteiger partial charge in [0.15, 0.2) is 5.82 Å². The third kappa shape index (κ3) is 3.26. The van der Waals surface area contributed by atoms with E-state index in [1.54, 1.807) is 0 Å². The minimum absolute atomic E-state index is 0.246. The maximum atomic E-state index is 8.92. The summed E-state index contributed by atoms with van der Waals surface area (Å²) in [4.78, 5) is 6.70. The van der Waals surface area contributed by atoms with E-state index in [1.165, 1.54) is 19.3 Å². The van der Waals surface area contributed by atoms with Crippen LogP contribution in [0.3, 0.4) is 0 Å². The molecule has 0 radical (unpaired) electrons. The zero-order valence-electron chi connectivity index (χ0n) is 10.4. The minimum Gasteiger partial charge on any atom is -0.396 e. The molecule has 1 aromatic rings. The van der Waals surface area contributed by atoms with E-state index in [2.05, 4.69) is 15.0 Å². The van der Waals surface area contributed by atoms with E-state index in [0.29, 0.717) is 11.9 Å². The average Bonchev–Trinajstić information content (AvgIpc) is 2.71. The monoisotopic (exact) mass is 239 g/mol. The summed E-state index contributed by atoms with van der Waals surface area (Å²) >= 11 is 0. The van der Waals surface area contributed by atoms with Crippen LogP contribution in [0.4, 0.5) is 0 Å². The summed E-state index contributed by atoms with van der Waals surface area (Å²) in [5, 5.41) is 12.9. The Hall–Kier alpha value is -0.940. The second-order valence-corrected chi connectivity index (χ2v) is 4.59. The topological polar surface area (TPSA) is 62.4 Å². The Labute approximate surface area is 102 Å². The van der Waals surface area contributed by atoms with Crippen molar-refractivity contribution in [3.63, 3.8) is 0 Å². The summed E-state index contributed by atoms with van der Waals surface area (Å²) in [6, 6.07) is 0.644. The first-order valence-electron chi connectivity index (χ1n) is 6.50.